The Labute approximate surface area is 106 Å². The summed E-state index contributed by atoms with van der Waals surface area (Å²) < 4.78 is 28.1. The van der Waals surface area contributed by atoms with Crippen LogP contribution in [0.4, 0.5) is 0 Å². The van der Waals surface area contributed by atoms with Gasteiger partial charge >= 0.3 is 0 Å². The van der Waals surface area contributed by atoms with Gasteiger partial charge < -0.3 is 15.6 Å². The molecule has 6 heteroatoms. The molecule has 0 spiro atoms. The third kappa shape index (κ3) is 3.22. The lowest BCUT2D eigenvalue weighted by atomic mass is 10.1. The fourth-order valence-electron chi connectivity index (χ4n) is 1.99. The molecule has 1 aromatic rings. The van der Waals surface area contributed by atoms with Crippen LogP contribution in [0.1, 0.15) is 5.56 Å². The second-order valence-electron chi connectivity index (χ2n) is 4.48. The van der Waals surface area contributed by atoms with E-state index in [1.165, 1.54) is 0 Å². The highest BCUT2D eigenvalue weighted by Gasteiger charge is 2.38. The van der Waals surface area contributed by atoms with Gasteiger partial charge in [-0.3, -0.25) is 0 Å². The summed E-state index contributed by atoms with van der Waals surface area (Å²) in [7, 11) is -3.17. The van der Waals surface area contributed by atoms with Crippen LogP contribution in [-0.4, -0.2) is 43.8 Å². The number of ether oxygens (including phenoxy) is 1. The van der Waals surface area contributed by atoms with Crippen LogP contribution in [-0.2, 0) is 16.3 Å². The highest BCUT2D eigenvalue weighted by atomic mass is 32.2. The van der Waals surface area contributed by atoms with Crippen molar-refractivity contribution in [1.29, 1.82) is 0 Å². The minimum atomic E-state index is -3.17. The number of nitrogens with two attached hydrogens (primary N) is 1. The first kappa shape index (κ1) is 13.3. The van der Waals surface area contributed by atoms with Crippen molar-refractivity contribution in [1.82, 2.24) is 0 Å². The highest BCUT2D eigenvalue weighted by Crippen LogP contribution is 2.20. The SMILES string of the molecule is NCCc1ccc(OC2CS(=O)(=O)CC2O)cc1. The third-order valence-electron chi connectivity index (χ3n) is 2.92. The van der Waals surface area contributed by atoms with E-state index in [1.807, 2.05) is 12.1 Å². The first-order valence-electron chi connectivity index (χ1n) is 5.84. The van der Waals surface area contributed by atoms with Crippen LogP contribution in [0, 0.1) is 0 Å². The number of hydrogen-bond acceptors (Lipinski definition) is 5. The fourth-order valence-corrected chi connectivity index (χ4v) is 3.65. The maximum absolute atomic E-state index is 11.3. The molecule has 0 aliphatic carbocycles. The molecule has 1 saturated heterocycles. The Hall–Kier alpha value is -1.11. The molecule has 2 unspecified atom stereocenters. The van der Waals surface area contributed by atoms with Crippen molar-refractivity contribution < 1.29 is 18.3 Å². The number of hydrogen-bond donors (Lipinski definition) is 2. The standard InChI is InChI=1S/C12H17NO4S/c13-6-5-9-1-3-10(4-2-9)17-12-8-18(15,16)7-11(12)14/h1-4,11-12,14H,5-8,13H2. The number of rotatable bonds is 4. The highest BCUT2D eigenvalue weighted by molar-refractivity contribution is 7.91. The quantitative estimate of drug-likeness (QED) is 0.786. The van der Waals surface area contributed by atoms with Crippen LogP contribution >= 0.6 is 0 Å². The molecule has 1 heterocycles. The molecule has 3 N–H and O–H groups in total. The van der Waals surface area contributed by atoms with Crippen molar-refractivity contribution in [3.8, 4) is 5.75 Å². The Balaban J connectivity index is 2.01. The third-order valence-corrected chi connectivity index (χ3v) is 4.60. The molecule has 2 rings (SSSR count). The van der Waals surface area contributed by atoms with Gasteiger partial charge in [0, 0.05) is 0 Å². The molecule has 0 bridgehead atoms. The Kier molecular flexibility index (Phi) is 3.89. The van der Waals surface area contributed by atoms with Crippen LogP contribution in [0.25, 0.3) is 0 Å². The zero-order valence-electron chi connectivity index (χ0n) is 9.95. The fraction of sp³-hybridized carbons (Fsp3) is 0.500. The van der Waals surface area contributed by atoms with Gasteiger partial charge in [0.2, 0.25) is 0 Å². The molecule has 18 heavy (non-hydrogen) atoms. The van der Waals surface area contributed by atoms with Gasteiger partial charge in [0.25, 0.3) is 0 Å². The summed E-state index contributed by atoms with van der Waals surface area (Å²) in [5, 5.41) is 9.60. The van der Waals surface area contributed by atoms with Crippen molar-refractivity contribution in [2.75, 3.05) is 18.1 Å². The van der Waals surface area contributed by atoms with E-state index >= 15 is 0 Å². The van der Waals surface area contributed by atoms with E-state index in [9.17, 15) is 13.5 Å². The van der Waals surface area contributed by atoms with Crippen molar-refractivity contribution >= 4 is 9.84 Å². The average Bonchev–Trinajstić information content (AvgIpc) is 2.55. The number of sulfone groups is 1. The zero-order chi connectivity index (χ0) is 13.2. The van der Waals surface area contributed by atoms with Crippen molar-refractivity contribution in [2.24, 2.45) is 5.73 Å². The van der Waals surface area contributed by atoms with Gasteiger partial charge in [0.1, 0.15) is 18.0 Å². The molecule has 0 radical (unpaired) electrons. The minimum absolute atomic E-state index is 0.126. The summed E-state index contributed by atoms with van der Waals surface area (Å²) in [5.74, 6) is 0.221. The lowest BCUT2D eigenvalue weighted by Crippen LogP contribution is -2.29. The lowest BCUT2D eigenvalue weighted by Gasteiger charge is -2.15. The molecule has 1 aliphatic rings. The van der Waals surface area contributed by atoms with Gasteiger partial charge in [-0.15, -0.1) is 0 Å². The van der Waals surface area contributed by atoms with Gasteiger partial charge in [-0.1, -0.05) is 12.1 Å². The molecule has 1 fully saturated rings. The summed E-state index contributed by atoms with van der Waals surface area (Å²) in [6.07, 6.45) is -0.824. The molecular weight excluding hydrogens is 254 g/mol. The number of aliphatic hydroxyl groups excluding tert-OH is 1. The summed E-state index contributed by atoms with van der Waals surface area (Å²) in [5.41, 5.74) is 6.55. The molecule has 0 amide bonds. The average molecular weight is 271 g/mol. The van der Waals surface area contributed by atoms with Crippen molar-refractivity contribution in [2.45, 2.75) is 18.6 Å². The van der Waals surface area contributed by atoms with Crippen molar-refractivity contribution in [3.05, 3.63) is 29.8 Å². The van der Waals surface area contributed by atoms with E-state index in [4.69, 9.17) is 10.5 Å². The molecule has 5 nitrogen and oxygen atoms in total. The van der Waals surface area contributed by atoms with Gasteiger partial charge in [0.15, 0.2) is 9.84 Å². The Morgan fingerprint density at radius 2 is 1.94 bits per heavy atom. The first-order valence-corrected chi connectivity index (χ1v) is 7.66. The smallest absolute Gasteiger partial charge is 0.156 e. The predicted octanol–water partition coefficient (Wildman–Crippen LogP) is -0.275. The number of benzene rings is 1. The van der Waals surface area contributed by atoms with E-state index in [-0.39, 0.29) is 11.5 Å². The predicted molar refractivity (Wildman–Crippen MR) is 68.3 cm³/mol. The Morgan fingerprint density at radius 3 is 2.44 bits per heavy atom. The van der Waals surface area contributed by atoms with Gasteiger partial charge in [-0.2, -0.15) is 0 Å². The maximum Gasteiger partial charge on any atom is 0.156 e. The molecule has 0 aromatic heterocycles. The maximum atomic E-state index is 11.3. The van der Waals surface area contributed by atoms with E-state index in [1.54, 1.807) is 12.1 Å². The van der Waals surface area contributed by atoms with E-state index in [0.29, 0.717) is 12.3 Å². The van der Waals surface area contributed by atoms with Gasteiger partial charge in [-0.25, -0.2) is 8.42 Å². The molecule has 0 saturated carbocycles. The van der Waals surface area contributed by atoms with Gasteiger partial charge in [0.05, 0.1) is 11.5 Å². The summed E-state index contributed by atoms with van der Waals surface area (Å²) in [6.45, 7) is 0.583. The molecule has 100 valence electrons. The summed E-state index contributed by atoms with van der Waals surface area (Å²) in [4.78, 5) is 0. The monoisotopic (exact) mass is 271 g/mol. The van der Waals surface area contributed by atoms with Crippen molar-refractivity contribution in [3.63, 3.8) is 0 Å². The Morgan fingerprint density at radius 1 is 1.28 bits per heavy atom. The molecule has 1 aromatic carbocycles. The second kappa shape index (κ2) is 5.26. The minimum Gasteiger partial charge on any atom is -0.487 e. The van der Waals surface area contributed by atoms with Crippen LogP contribution in [0.15, 0.2) is 24.3 Å². The van der Waals surface area contributed by atoms with Gasteiger partial charge in [-0.05, 0) is 30.7 Å². The van der Waals surface area contributed by atoms with Crippen LogP contribution < -0.4 is 10.5 Å². The van der Waals surface area contributed by atoms with E-state index in [0.717, 1.165) is 12.0 Å². The van der Waals surface area contributed by atoms with E-state index in [2.05, 4.69) is 0 Å². The first-order chi connectivity index (χ1) is 8.50. The topological polar surface area (TPSA) is 89.6 Å². The molecular formula is C12H17NO4S. The van der Waals surface area contributed by atoms with Crippen LogP contribution in [0.2, 0.25) is 0 Å². The largest absolute Gasteiger partial charge is 0.487 e. The van der Waals surface area contributed by atoms with Crippen LogP contribution in [0.5, 0.6) is 5.75 Å². The summed E-state index contributed by atoms with van der Waals surface area (Å²) >= 11 is 0. The molecule has 1 aliphatic heterocycles. The second-order valence-corrected chi connectivity index (χ2v) is 6.64. The summed E-state index contributed by atoms with van der Waals surface area (Å²) in [6, 6.07) is 7.31. The van der Waals surface area contributed by atoms with E-state index < -0.39 is 22.0 Å². The zero-order valence-corrected chi connectivity index (χ0v) is 10.8. The normalized spacial score (nSPS) is 26.1. The number of aliphatic hydroxyl groups is 1. The Bertz CT molecular complexity index is 497. The lowest BCUT2D eigenvalue weighted by molar-refractivity contribution is 0.0738. The molecule has 2 atom stereocenters. The van der Waals surface area contributed by atoms with Crippen LogP contribution in [0.3, 0.4) is 0 Å².